The molecule has 2 atom stereocenters. The highest BCUT2D eigenvalue weighted by molar-refractivity contribution is 4.85. The van der Waals surface area contributed by atoms with E-state index in [0.717, 1.165) is 18.9 Å². The van der Waals surface area contributed by atoms with E-state index < -0.39 is 0 Å². The van der Waals surface area contributed by atoms with Crippen molar-refractivity contribution in [3.05, 3.63) is 0 Å². The lowest BCUT2D eigenvalue weighted by Gasteiger charge is -2.38. The van der Waals surface area contributed by atoms with E-state index in [1.807, 2.05) is 0 Å². The molecule has 0 aliphatic heterocycles. The first kappa shape index (κ1) is 15.3. The number of aliphatic hydroxyl groups is 1. The fourth-order valence-electron chi connectivity index (χ4n) is 3.91. The van der Waals surface area contributed by atoms with Gasteiger partial charge in [0.25, 0.3) is 0 Å². The summed E-state index contributed by atoms with van der Waals surface area (Å²) in [6.07, 6.45) is 10.1. The fourth-order valence-corrected chi connectivity index (χ4v) is 3.91. The molecule has 2 aliphatic carbocycles. The highest BCUT2D eigenvalue weighted by Gasteiger charge is 2.30. The highest BCUT2D eigenvalue weighted by atomic mass is 16.3. The van der Waals surface area contributed by atoms with Gasteiger partial charge in [0.2, 0.25) is 0 Å². The number of rotatable bonds is 3. The third kappa shape index (κ3) is 4.46. The maximum atomic E-state index is 10.0. The molecule has 2 nitrogen and oxygen atoms in total. The van der Waals surface area contributed by atoms with Crippen LogP contribution in [0, 0.1) is 17.3 Å². The van der Waals surface area contributed by atoms with Crippen molar-refractivity contribution in [3.63, 3.8) is 0 Å². The molecule has 0 aromatic rings. The zero-order valence-electron chi connectivity index (χ0n) is 13.1. The molecule has 0 bridgehead atoms. The topological polar surface area (TPSA) is 32.3 Å². The van der Waals surface area contributed by atoms with Crippen molar-refractivity contribution in [2.24, 2.45) is 17.3 Å². The summed E-state index contributed by atoms with van der Waals surface area (Å²) >= 11 is 0. The van der Waals surface area contributed by atoms with Gasteiger partial charge in [-0.3, -0.25) is 0 Å². The van der Waals surface area contributed by atoms with Gasteiger partial charge in [0.05, 0.1) is 6.10 Å². The molecule has 2 aliphatic rings. The highest BCUT2D eigenvalue weighted by Crippen LogP contribution is 2.37. The smallest absolute Gasteiger partial charge is 0.0580 e. The Balaban J connectivity index is 1.68. The van der Waals surface area contributed by atoms with Gasteiger partial charge in [0.15, 0.2) is 0 Å². The molecule has 2 fully saturated rings. The summed E-state index contributed by atoms with van der Waals surface area (Å²) in [6, 6.07) is 0.702. The second kappa shape index (κ2) is 6.58. The SMILES string of the molecule is CC(C)(C)C1CCC(NC[C@@H]2CCCC[C@H]2O)CC1. The van der Waals surface area contributed by atoms with E-state index in [2.05, 4.69) is 26.1 Å². The number of hydrogen-bond donors (Lipinski definition) is 2. The fraction of sp³-hybridized carbons (Fsp3) is 1.00. The molecule has 0 unspecified atom stereocenters. The van der Waals surface area contributed by atoms with Gasteiger partial charge in [-0.15, -0.1) is 0 Å². The molecule has 0 amide bonds. The zero-order chi connectivity index (χ0) is 13.9. The molecular weight excluding hydrogens is 234 g/mol. The lowest BCUT2D eigenvalue weighted by atomic mass is 9.71. The molecule has 112 valence electrons. The van der Waals surface area contributed by atoms with Gasteiger partial charge in [-0.05, 0) is 55.8 Å². The second-order valence-electron chi connectivity index (χ2n) is 7.93. The summed E-state index contributed by atoms with van der Waals surface area (Å²) in [6.45, 7) is 8.17. The van der Waals surface area contributed by atoms with Crippen LogP contribution in [0.25, 0.3) is 0 Å². The molecule has 19 heavy (non-hydrogen) atoms. The summed E-state index contributed by atoms with van der Waals surface area (Å²) in [5.41, 5.74) is 0.477. The third-order valence-electron chi connectivity index (χ3n) is 5.49. The summed E-state index contributed by atoms with van der Waals surface area (Å²) in [5, 5.41) is 13.7. The molecule has 0 radical (unpaired) electrons. The first-order valence-corrected chi connectivity index (χ1v) is 8.38. The van der Waals surface area contributed by atoms with Crippen LogP contribution in [0.5, 0.6) is 0 Å². The molecule has 0 saturated heterocycles. The lowest BCUT2D eigenvalue weighted by Crippen LogP contribution is -2.41. The van der Waals surface area contributed by atoms with E-state index in [4.69, 9.17) is 0 Å². The minimum atomic E-state index is -0.0489. The number of hydrogen-bond acceptors (Lipinski definition) is 2. The predicted molar refractivity (Wildman–Crippen MR) is 81.2 cm³/mol. The van der Waals surface area contributed by atoms with Crippen LogP contribution >= 0.6 is 0 Å². The Morgan fingerprint density at radius 3 is 2.16 bits per heavy atom. The number of aliphatic hydroxyl groups excluding tert-OH is 1. The van der Waals surface area contributed by atoms with Gasteiger partial charge in [-0.2, -0.15) is 0 Å². The van der Waals surface area contributed by atoms with Crippen molar-refractivity contribution in [2.75, 3.05) is 6.54 Å². The van der Waals surface area contributed by atoms with Crippen LogP contribution in [-0.4, -0.2) is 23.8 Å². The standard InChI is InChI=1S/C17H33NO/c1-17(2,3)14-8-10-15(11-9-14)18-12-13-6-4-5-7-16(13)19/h13-16,18-19H,4-12H2,1-3H3/t13-,14?,15?,16+/m0/s1. The molecule has 2 N–H and O–H groups in total. The van der Waals surface area contributed by atoms with Crippen LogP contribution in [-0.2, 0) is 0 Å². The van der Waals surface area contributed by atoms with E-state index in [0.29, 0.717) is 17.4 Å². The molecule has 0 aromatic heterocycles. The van der Waals surface area contributed by atoms with Crippen LogP contribution in [0.15, 0.2) is 0 Å². The number of nitrogens with one attached hydrogen (secondary N) is 1. The molecule has 2 heteroatoms. The van der Waals surface area contributed by atoms with Crippen molar-refractivity contribution in [3.8, 4) is 0 Å². The molecule has 0 heterocycles. The van der Waals surface area contributed by atoms with Crippen molar-refractivity contribution in [1.29, 1.82) is 0 Å². The van der Waals surface area contributed by atoms with Crippen LogP contribution in [0.3, 0.4) is 0 Å². The molecule has 0 spiro atoms. The average Bonchev–Trinajstić information content (AvgIpc) is 2.37. The minimum Gasteiger partial charge on any atom is -0.393 e. The lowest BCUT2D eigenvalue weighted by molar-refractivity contribution is 0.0656. The van der Waals surface area contributed by atoms with Crippen molar-refractivity contribution < 1.29 is 5.11 Å². The van der Waals surface area contributed by atoms with E-state index in [1.54, 1.807) is 0 Å². The second-order valence-corrected chi connectivity index (χ2v) is 7.93. The van der Waals surface area contributed by atoms with Crippen LogP contribution in [0.1, 0.15) is 72.1 Å². The Bertz CT molecular complexity index is 263. The van der Waals surface area contributed by atoms with Gasteiger partial charge in [-0.25, -0.2) is 0 Å². The molecular formula is C17H33NO. The Morgan fingerprint density at radius 1 is 0.947 bits per heavy atom. The Labute approximate surface area is 119 Å². The predicted octanol–water partition coefficient (Wildman–Crippen LogP) is 3.73. The quantitative estimate of drug-likeness (QED) is 0.816. The van der Waals surface area contributed by atoms with E-state index in [1.165, 1.54) is 44.9 Å². The van der Waals surface area contributed by atoms with Gasteiger partial charge >= 0.3 is 0 Å². The maximum absolute atomic E-state index is 10.0. The Hall–Kier alpha value is -0.0800. The van der Waals surface area contributed by atoms with E-state index in [-0.39, 0.29) is 6.10 Å². The van der Waals surface area contributed by atoms with Crippen LogP contribution < -0.4 is 5.32 Å². The third-order valence-corrected chi connectivity index (χ3v) is 5.49. The largest absolute Gasteiger partial charge is 0.393 e. The van der Waals surface area contributed by atoms with E-state index >= 15 is 0 Å². The first-order chi connectivity index (χ1) is 8.97. The zero-order valence-corrected chi connectivity index (χ0v) is 13.1. The maximum Gasteiger partial charge on any atom is 0.0580 e. The summed E-state index contributed by atoms with van der Waals surface area (Å²) in [7, 11) is 0. The Morgan fingerprint density at radius 2 is 1.58 bits per heavy atom. The van der Waals surface area contributed by atoms with Gasteiger partial charge in [0, 0.05) is 12.6 Å². The van der Waals surface area contributed by atoms with Gasteiger partial charge in [-0.1, -0.05) is 33.6 Å². The van der Waals surface area contributed by atoms with Crippen molar-refractivity contribution in [2.45, 2.75) is 84.3 Å². The summed E-state index contributed by atoms with van der Waals surface area (Å²) in [5.74, 6) is 1.40. The van der Waals surface area contributed by atoms with Gasteiger partial charge in [0.1, 0.15) is 0 Å². The van der Waals surface area contributed by atoms with Crippen molar-refractivity contribution >= 4 is 0 Å². The summed E-state index contributed by atoms with van der Waals surface area (Å²) in [4.78, 5) is 0. The van der Waals surface area contributed by atoms with Crippen molar-refractivity contribution in [1.82, 2.24) is 5.32 Å². The molecule has 2 rings (SSSR count). The molecule has 2 saturated carbocycles. The minimum absolute atomic E-state index is 0.0489. The summed E-state index contributed by atoms with van der Waals surface area (Å²) < 4.78 is 0. The monoisotopic (exact) mass is 267 g/mol. The van der Waals surface area contributed by atoms with Gasteiger partial charge < -0.3 is 10.4 Å². The van der Waals surface area contributed by atoms with E-state index in [9.17, 15) is 5.11 Å². The van der Waals surface area contributed by atoms with Crippen LogP contribution in [0.2, 0.25) is 0 Å². The Kier molecular flexibility index (Phi) is 5.30. The normalized spacial score (nSPS) is 37.3. The van der Waals surface area contributed by atoms with Crippen LogP contribution in [0.4, 0.5) is 0 Å². The first-order valence-electron chi connectivity index (χ1n) is 8.38. The molecule has 0 aromatic carbocycles. The average molecular weight is 267 g/mol.